The molecule has 0 aromatic heterocycles. The van der Waals surface area contributed by atoms with Crippen molar-refractivity contribution in [1.82, 2.24) is 4.90 Å². The third-order valence-corrected chi connectivity index (χ3v) is 3.22. The zero-order valence-corrected chi connectivity index (χ0v) is 12.6. The molecule has 1 unspecified atom stereocenters. The van der Waals surface area contributed by atoms with E-state index in [1.807, 2.05) is 12.1 Å². The van der Waals surface area contributed by atoms with Crippen molar-refractivity contribution in [1.29, 1.82) is 0 Å². The van der Waals surface area contributed by atoms with Crippen LogP contribution < -0.4 is 5.73 Å². The highest BCUT2D eigenvalue weighted by Gasteiger charge is 2.13. The Bertz CT molecular complexity index is 410. The van der Waals surface area contributed by atoms with Gasteiger partial charge in [0.05, 0.1) is 10.0 Å². The fourth-order valence-corrected chi connectivity index (χ4v) is 1.83. The number of amides is 1. The van der Waals surface area contributed by atoms with Crippen LogP contribution in [0.2, 0.25) is 10.0 Å². The predicted molar refractivity (Wildman–Crippen MR) is 78.5 cm³/mol. The molecule has 0 bridgehead atoms. The average Bonchev–Trinajstić information content (AvgIpc) is 2.23. The molecule has 18 heavy (non-hydrogen) atoms. The van der Waals surface area contributed by atoms with E-state index in [0.29, 0.717) is 23.0 Å². The van der Waals surface area contributed by atoms with Crippen molar-refractivity contribution >= 4 is 41.5 Å². The summed E-state index contributed by atoms with van der Waals surface area (Å²) in [6.45, 7) is 2.24. The van der Waals surface area contributed by atoms with Crippen molar-refractivity contribution in [2.75, 3.05) is 7.05 Å². The van der Waals surface area contributed by atoms with Gasteiger partial charge in [-0.2, -0.15) is 0 Å². The van der Waals surface area contributed by atoms with Gasteiger partial charge in [0.2, 0.25) is 5.91 Å². The maximum atomic E-state index is 11.7. The maximum Gasteiger partial charge on any atom is 0.224 e. The molecule has 1 aromatic carbocycles. The van der Waals surface area contributed by atoms with E-state index in [1.54, 1.807) is 24.9 Å². The summed E-state index contributed by atoms with van der Waals surface area (Å²) in [5, 5.41) is 0.992. The molecular formula is C12H17Cl3N2O. The molecule has 0 heterocycles. The van der Waals surface area contributed by atoms with Gasteiger partial charge >= 0.3 is 0 Å². The summed E-state index contributed by atoms with van der Waals surface area (Å²) >= 11 is 12.0. The van der Waals surface area contributed by atoms with Gasteiger partial charge in [0.1, 0.15) is 0 Å². The molecule has 1 rings (SSSR count). The fourth-order valence-electron chi connectivity index (χ4n) is 1.45. The standard InChI is InChI=1S/C12H16Cl2N2O.ClH/c1-8(15)6-11(17)16(2)7-9-4-3-5-10(13)12(9)14;/h3-5,8H,6-7,15H2,1-2H3;1H. The Morgan fingerprint density at radius 3 is 2.61 bits per heavy atom. The molecule has 0 saturated carbocycles. The van der Waals surface area contributed by atoms with E-state index >= 15 is 0 Å². The molecule has 102 valence electrons. The Kier molecular flexibility index (Phi) is 7.64. The van der Waals surface area contributed by atoms with Gasteiger partial charge in [0.15, 0.2) is 0 Å². The van der Waals surface area contributed by atoms with Gasteiger partial charge in [-0.3, -0.25) is 4.79 Å². The quantitative estimate of drug-likeness (QED) is 0.928. The number of benzene rings is 1. The number of hydrogen-bond acceptors (Lipinski definition) is 2. The monoisotopic (exact) mass is 310 g/mol. The molecular weight excluding hydrogens is 295 g/mol. The summed E-state index contributed by atoms with van der Waals surface area (Å²) in [6, 6.07) is 5.24. The third-order valence-electron chi connectivity index (χ3n) is 2.36. The van der Waals surface area contributed by atoms with Crippen LogP contribution in [0, 0.1) is 0 Å². The van der Waals surface area contributed by atoms with Gasteiger partial charge < -0.3 is 10.6 Å². The van der Waals surface area contributed by atoms with E-state index in [4.69, 9.17) is 28.9 Å². The first-order chi connectivity index (χ1) is 7.91. The van der Waals surface area contributed by atoms with Crippen molar-refractivity contribution < 1.29 is 4.79 Å². The van der Waals surface area contributed by atoms with Crippen molar-refractivity contribution in [2.45, 2.75) is 25.9 Å². The predicted octanol–water partition coefficient (Wildman–Crippen LogP) is 3.11. The summed E-state index contributed by atoms with van der Waals surface area (Å²) in [5.74, 6) is -0.00366. The number of nitrogens with two attached hydrogens (primary N) is 1. The molecule has 0 fully saturated rings. The van der Waals surface area contributed by atoms with E-state index in [2.05, 4.69) is 0 Å². The number of hydrogen-bond donors (Lipinski definition) is 1. The van der Waals surface area contributed by atoms with Crippen LogP contribution in [0.25, 0.3) is 0 Å². The highest BCUT2D eigenvalue weighted by Crippen LogP contribution is 2.26. The Balaban J connectivity index is 0.00000289. The molecule has 3 nitrogen and oxygen atoms in total. The van der Waals surface area contributed by atoms with E-state index in [1.165, 1.54) is 0 Å². The molecule has 0 radical (unpaired) electrons. The van der Waals surface area contributed by atoms with Crippen LogP contribution >= 0.6 is 35.6 Å². The van der Waals surface area contributed by atoms with Gasteiger partial charge in [-0.05, 0) is 18.6 Å². The highest BCUT2D eigenvalue weighted by molar-refractivity contribution is 6.42. The maximum absolute atomic E-state index is 11.7. The number of halogens is 3. The lowest BCUT2D eigenvalue weighted by atomic mass is 10.2. The van der Waals surface area contributed by atoms with Gasteiger partial charge in [0, 0.05) is 26.1 Å². The van der Waals surface area contributed by atoms with Crippen LogP contribution in [0.4, 0.5) is 0 Å². The van der Waals surface area contributed by atoms with Crippen LogP contribution in [-0.4, -0.2) is 23.9 Å². The second kappa shape index (κ2) is 7.85. The fraction of sp³-hybridized carbons (Fsp3) is 0.417. The number of carbonyl (C=O) groups excluding carboxylic acids is 1. The summed E-state index contributed by atoms with van der Waals surface area (Å²) in [6.07, 6.45) is 0.328. The van der Waals surface area contributed by atoms with Gasteiger partial charge in [-0.15, -0.1) is 12.4 Å². The van der Waals surface area contributed by atoms with E-state index in [0.717, 1.165) is 5.56 Å². The van der Waals surface area contributed by atoms with E-state index in [9.17, 15) is 4.79 Å². The van der Waals surface area contributed by atoms with E-state index < -0.39 is 0 Å². The summed E-state index contributed by atoms with van der Waals surface area (Å²) in [5.41, 5.74) is 6.42. The minimum absolute atomic E-state index is 0. The molecule has 0 aliphatic heterocycles. The second-order valence-corrected chi connectivity index (χ2v) is 4.93. The zero-order chi connectivity index (χ0) is 13.0. The first-order valence-corrected chi connectivity index (χ1v) is 6.10. The summed E-state index contributed by atoms with van der Waals surface area (Å²) < 4.78 is 0. The van der Waals surface area contributed by atoms with Crippen LogP contribution in [0.3, 0.4) is 0 Å². The number of carbonyl (C=O) groups is 1. The SMILES string of the molecule is CC(N)CC(=O)N(C)Cc1cccc(Cl)c1Cl.Cl. The molecule has 1 amide bonds. The summed E-state index contributed by atoms with van der Waals surface area (Å²) in [4.78, 5) is 13.3. The molecule has 2 N–H and O–H groups in total. The number of nitrogens with zero attached hydrogens (tertiary/aromatic N) is 1. The molecule has 0 aliphatic carbocycles. The molecule has 6 heteroatoms. The van der Waals surface area contributed by atoms with Gasteiger partial charge in [-0.1, -0.05) is 35.3 Å². The van der Waals surface area contributed by atoms with Crippen molar-refractivity contribution in [3.63, 3.8) is 0 Å². The topological polar surface area (TPSA) is 46.3 Å². The smallest absolute Gasteiger partial charge is 0.224 e. The Morgan fingerprint density at radius 2 is 2.06 bits per heavy atom. The van der Waals surface area contributed by atoms with Crippen molar-refractivity contribution in [2.24, 2.45) is 5.73 Å². The lowest BCUT2D eigenvalue weighted by Crippen LogP contribution is -2.31. The Hall–Kier alpha value is -0.480. The lowest BCUT2D eigenvalue weighted by Gasteiger charge is -2.19. The Morgan fingerprint density at radius 1 is 1.44 bits per heavy atom. The molecule has 1 atom stereocenters. The minimum atomic E-state index is -0.139. The highest BCUT2D eigenvalue weighted by atomic mass is 35.5. The van der Waals surface area contributed by atoms with Crippen molar-refractivity contribution in [3.8, 4) is 0 Å². The van der Waals surface area contributed by atoms with Crippen LogP contribution in [0.5, 0.6) is 0 Å². The summed E-state index contributed by atoms with van der Waals surface area (Å²) in [7, 11) is 1.72. The van der Waals surface area contributed by atoms with Crippen molar-refractivity contribution in [3.05, 3.63) is 33.8 Å². The van der Waals surface area contributed by atoms with Crippen LogP contribution in [-0.2, 0) is 11.3 Å². The second-order valence-electron chi connectivity index (χ2n) is 4.14. The molecule has 1 aromatic rings. The van der Waals surface area contributed by atoms with Gasteiger partial charge in [-0.25, -0.2) is 0 Å². The number of rotatable bonds is 4. The minimum Gasteiger partial charge on any atom is -0.341 e. The first kappa shape index (κ1) is 17.5. The van der Waals surface area contributed by atoms with E-state index in [-0.39, 0.29) is 24.4 Å². The molecule has 0 saturated heterocycles. The first-order valence-electron chi connectivity index (χ1n) is 5.34. The third kappa shape index (κ3) is 5.02. The normalized spacial score (nSPS) is 11.6. The average molecular weight is 312 g/mol. The molecule has 0 aliphatic rings. The lowest BCUT2D eigenvalue weighted by molar-refractivity contribution is -0.130. The molecule has 0 spiro atoms. The Labute approximate surface area is 124 Å². The van der Waals surface area contributed by atoms with Gasteiger partial charge in [0.25, 0.3) is 0 Å². The van der Waals surface area contributed by atoms with Crippen LogP contribution in [0.1, 0.15) is 18.9 Å². The van der Waals surface area contributed by atoms with Crippen LogP contribution in [0.15, 0.2) is 18.2 Å². The largest absolute Gasteiger partial charge is 0.341 e. The zero-order valence-electron chi connectivity index (χ0n) is 10.3.